The van der Waals surface area contributed by atoms with Crippen LogP contribution < -0.4 is 5.32 Å². The van der Waals surface area contributed by atoms with E-state index in [4.69, 9.17) is 4.74 Å². The third kappa shape index (κ3) is 4.84. The number of nitro benzene ring substituents is 1. The number of nitro groups is 1. The Balaban J connectivity index is 2.74. The molecule has 0 amide bonds. The number of ether oxygens (including phenoxy) is 1. The molecule has 1 aromatic rings. The average Bonchev–Trinajstić information content (AvgIpc) is 2.38. The van der Waals surface area contributed by atoms with Crippen LogP contribution in [0.25, 0.3) is 0 Å². The highest BCUT2D eigenvalue weighted by Crippen LogP contribution is 2.22. The van der Waals surface area contributed by atoms with E-state index >= 15 is 0 Å². The number of rotatable bonds is 8. The SMILES string of the molecule is CCOCCN(C)Cc1cc([N+](=O)[O-])ccc1NC. The van der Waals surface area contributed by atoms with Crippen molar-refractivity contribution in [1.29, 1.82) is 0 Å². The molecular formula is C13H21N3O3. The molecule has 0 aliphatic heterocycles. The Kier molecular flexibility index (Phi) is 6.24. The van der Waals surface area contributed by atoms with Crippen LogP contribution in [-0.4, -0.2) is 43.7 Å². The molecule has 0 radical (unpaired) electrons. The number of anilines is 1. The number of nitrogens with one attached hydrogen (secondary N) is 1. The Labute approximate surface area is 113 Å². The minimum Gasteiger partial charge on any atom is -0.388 e. The zero-order valence-corrected chi connectivity index (χ0v) is 11.7. The summed E-state index contributed by atoms with van der Waals surface area (Å²) < 4.78 is 5.29. The summed E-state index contributed by atoms with van der Waals surface area (Å²) in [4.78, 5) is 12.5. The molecule has 6 heteroatoms. The predicted molar refractivity (Wildman–Crippen MR) is 75.5 cm³/mol. The van der Waals surface area contributed by atoms with Gasteiger partial charge < -0.3 is 10.1 Å². The zero-order valence-electron chi connectivity index (χ0n) is 11.7. The number of non-ortho nitro benzene ring substituents is 1. The first-order valence-corrected chi connectivity index (χ1v) is 6.29. The van der Waals surface area contributed by atoms with Crippen LogP contribution in [-0.2, 0) is 11.3 Å². The molecule has 0 aliphatic carbocycles. The van der Waals surface area contributed by atoms with Crippen LogP contribution in [0.5, 0.6) is 0 Å². The molecular weight excluding hydrogens is 246 g/mol. The topological polar surface area (TPSA) is 67.6 Å². The zero-order chi connectivity index (χ0) is 14.3. The van der Waals surface area contributed by atoms with Gasteiger partial charge in [0.2, 0.25) is 0 Å². The van der Waals surface area contributed by atoms with Gasteiger partial charge in [0.25, 0.3) is 5.69 Å². The minimum absolute atomic E-state index is 0.118. The molecule has 0 aliphatic rings. The largest absolute Gasteiger partial charge is 0.388 e. The Bertz CT molecular complexity index is 424. The van der Waals surface area contributed by atoms with E-state index in [-0.39, 0.29) is 10.6 Å². The lowest BCUT2D eigenvalue weighted by molar-refractivity contribution is -0.384. The highest BCUT2D eigenvalue weighted by molar-refractivity contribution is 5.55. The summed E-state index contributed by atoms with van der Waals surface area (Å²) in [5.41, 5.74) is 1.94. The molecule has 0 bridgehead atoms. The van der Waals surface area contributed by atoms with E-state index in [1.165, 1.54) is 6.07 Å². The Morgan fingerprint density at radius 2 is 2.21 bits per heavy atom. The minimum atomic E-state index is -0.372. The molecule has 0 atom stereocenters. The van der Waals surface area contributed by atoms with Crippen LogP contribution in [0, 0.1) is 10.1 Å². The monoisotopic (exact) mass is 267 g/mol. The maximum Gasteiger partial charge on any atom is 0.269 e. The number of benzene rings is 1. The molecule has 0 aromatic heterocycles. The molecule has 0 saturated carbocycles. The van der Waals surface area contributed by atoms with Gasteiger partial charge in [-0.3, -0.25) is 15.0 Å². The van der Waals surface area contributed by atoms with Crippen LogP contribution in [0.1, 0.15) is 12.5 Å². The highest BCUT2D eigenvalue weighted by Gasteiger charge is 2.11. The number of nitrogens with zero attached hydrogens (tertiary/aromatic N) is 2. The maximum atomic E-state index is 10.8. The smallest absolute Gasteiger partial charge is 0.269 e. The summed E-state index contributed by atoms with van der Waals surface area (Å²) in [7, 11) is 3.78. The number of hydrogen-bond donors (Lipinski definition) is 1. The van der Waals surface area contributed by atoms with E-state index in [9.17, 15) is 10.1 Å². The number of likely N-dealkylation sites (N-methyl/N-ethyl adjacent to an activating group) is 1. The van der Waals surface area contributed by atoms with Crippen molar-refractivity contribution in [1.82, 2.24) is 4.90 Å². The van der Waals surface area contributed by atoms with Gasteiger partial charge in [-0.2, -0.15) is 0 Å². The first kappa shape index (κ1) is 15.4. The fourth-order valence-electron chi connectivity index (χ4n) is 1.80. The summed E-state index contributed by atoms with van der Waals surface area (Å²) in [6.45, 7) is 4.76. The molecule has 1 aromatic carbocycles. The van der Waals surface area contributed by atoms with E-state index in [0.717, 1.165) is 17.8 Å². The van der Waals surface area contributed by atoms with Gasteiger partial charge in [0.1, 0.15) is 0 Å². The average molecular weight is 267 g/mol. The quantitative estimate of drug-likeness (QED) is 0.444. The molecule has 0 fully saturated rings. The first-order valence-electron chi connectivity index (χ1n) is 6.29. The second kappa shape index (κ2) is 7.70. The van der Waals surface area contributed by atoms with Crippen molar-refractivity contribution < 1.29 is 9.66 Å². The van der Waals surface area contributed by atoms with Crippen LogP contribution >= 0.6 is 0 Å². The summed E-state index contributed by atoms with van der Waals surface area (Å²) in [5, 5.41) is 13.9. The molecule has 0 spiro atoms. The summed E-state index contributed by atoms with van der Waals surface area (Å²) in [6.07, 6.45) is 0. The van der Waals surface area contributed by atoms with Gasteiger partial charge in [-0.05, 0) is 25.6 Å². The summed E-state index contributed by atoms with van der Waals surface area (Å²) in [5.74, 6) is 0. The van der Waals surface area contributed by atoms with E-state index in [0.29, 0.717) is 19.8 Å². The van der Waals surface area contributed by atoms with Crippen molar-refractivity contribution in [3.05, 3.63) is 33.9 Å². The fraction of sp³-hybridized carbons (Fsp3) is 0.538. The van der Waals surface area contributed by atoms with Crippen molar-refractivity contribution in [2.45, 2.75) is 13.5 Å². The predicted octanol–water partition coefficient (Wildman–Crippen LogP) is 2.10. The van der Waals surface area contributed by atoms with E-state index in [1.807, 2.05) is 21.0 Å². The van der Waals surface area contributed by atoms with Gasteiger partial charge in [-0.15, -0.1) is 0 Å². The van der Waals surface area contributed by atoms with E-state index < -0.39 is 0 Å². The van der Waals surface area contributed by atoms with Crippen molar-refractivity contribution in [2.24, 2.45) is 0 Å². The third-order valence-electron chi connectivity index (χ3n) is 2.83. The van der Waals surface area contributed by atoms with Gasteiger partial charge in [0.15, 0.2) is 0 Å². The van der Waals surface area contributed by atoms with E-state index in [2.05, 4.69) is 10.2 Å². The lowest BCUT2D eigenvalue weighted by atomic mass is 10.1. The Morgan fingerprint density at radius 3 is 2.79 bits per heavy atom. The lowest BCUT2D eigenvalue weighted by Crippen LogP contribution is -2.23. The normalized spacial score (nSPS) is 10.7. The van der Waals surface area contributed by atoms with Crippen molar-refractivity contribution >= 4 is 11.4 Å². The second-order valence-corrected chi connectivity index (χ2v) is 4.28. The maximum absolute atomic E-state index is 10.8. The van der Waals surface area contributed by atoms with Gasteiger partial charge in [0, 0.05) is 44.6 Å². The van der Waals surface area contributed by atoms with Gasteiger partial charge >= 0.3 is 0 Å². The molecule has 106 valence electrons. The fourth-order valence-corrected chi connectivity index (χ4v) is 1.80. The Hall–Kier alpha value is -1.66. The van der Waals surface area contributed by atoms with Gasteiger partial charge in [0.05, 0.1) is 11.5 Å². The van der Waals surface area contributed by atoms with E-state index in [1.54, 1.807) is 12.1 Å². The Morgan fingerprint density at radius 1 is 1.47 bits per heavy atom. The first-order chi connectivity index (χ1) is 9.08. The molecule has 0 heterocycles. The highest BCUT2D eigenvalue weighted by atomic mass is 16.6. The van der Waals surface area contributed by atoms with Gasteiger partial charge in [-0.25, -0.2) is 0 Å². The molecule has 1 rings (SSSR count). The molecule has 19 heavy (non-hydrogen) atoms. The van der Waals surface area contributed by atoms with Crippen LogP contribution in [0.4, 0.5) is 11.4 Å². The van der Waals surface area contributed by atoms with Crippen molar-refractivity contribution in [2.75, 3.05) is 39.2 Å². The van der Waals surface area contributed by atoms with Crippen molar-refractivity contribution in [3.63, 3.8) is 0 Å². The summed E-state index contributed by atoms with van der Waals surface area (Å²) in [6, 6.07) is 4.86. The molecule has 0 unspecified atom stereocenters. The second-order valence-electron chi connectivity index (χ2n) is 4.28. The van der Waals surface area contributed by atoms with Crippen LogP contribution in [0.3, 0.4) is 0 Å². The third-order valence-corrected chi connectivity index (χ3v) is 2.83. The molecule has 6 nitrogen and oxygen atoms in total. The molecule has 0 saturated heterocycles. The molecule has 1 N–H and O–H groups in total. The number of hydrogen-bond acceptors (Lipinski definition) is 5. The summed E-state index contributed by atoms with van der Waals surface area (Å²) >= 11 is 0. The van der Waals surface area contributed by atoms with Crippen molar-refractivity contribution in [3.8, 4) is 0 Å². The van der Waals surface area contributed by atoms with Gasteiger partial charge in [-0.1, -0.05) is 0 Å². The van der Waals surface area contributed by atoms with Crippen LogP contribution in [0.2, 0.25) is 0 Å². The lowest BCUT2D eigenvalue weighted by Gasteiger charge is -2.18. The standard InChI is InChI=1S/C13H21N3O3/c1-4-19-8-7-15(3)10-11-9-12(16(17)18)5-6-13(11)14-2/h5-6,9,14H,4,7-8,10H2,1-3H3. The van der Waals surface area contributed by atoms with Crippen LogP contribution in [0.15, 0.2) is 18.2 Å².